The van der Waals surface area contributed by atoms with E-state index in [4.69, 9.17) is 0 Å². The molecule has 0 aliphatic rings. The number of hydrogen-bond acceptors (Lipinski definition) is 2. The summed E-state index contributed by atoms with van der Waals surface area (Å²) in [5.41, 5.74) is 4.26. The second-order valence-corrected chi connectivity index (χ2v) is 7.88. The zero-order valence-electron chi connectivity index (χ0n) is 17.7. The lowest BCUT2D eigenvalue weighted by Crippen LogP contribution is -2.31. The number of nitrogens with one attached hydrogen (secondary N) is 1. The molecular formula is C27H28N2O2. The van der Waals surface area contributed by atoms with Gasteiger partial charge in [-0.3, -0.25) is 10.1 Å². The van der Waals surface area contributed by atoms with Crippen molar-refractivity contribution in [1.29, 1.82) is 0 Å². The lowest BCUT2D eigenvalue weighted by atomic mass is 10.0. The summed E-state index contributed by atoms with van der Waals surface area (Å²) in [5.74, 6) is -0.819. The average molecular weight is 413 g/mol. The van der Waals surface area contributed by atoms with Gasteiger partial charge in [-0.25, -0.2) is 0 Å². The Labute approximate surface area is 183 Å². The molecule has 0 aliphatic heterocycles. The van der Waals surface area contributed by atoms with E-state index in [9.17, 15) is 9.90 Å². The number of carboxylic acid groups (broad SMARTS) is 1. The first kappa shape index (κ1) is 20.9. The second-order valence-electron chi connectivity index (χ2n) is 7.88. The third kappa shape index (κ3) is 4.70. The molecule has 4 rings (SSSR count). The van der Waals surface area contributed by atoms with Gasteiger partial charge in [0.1, 0.15) is 6.17 Å². The number of aliphatic carboxylic acids is 1. The predicted molar refractivity (Wildman–Crippen MR) is 125 cm³/mol. The minimum absolute atomic E-state index is 0.00605. The quantitative estimate of drug-likeness (QED) is 0.357. The zero-order valence-corrected chi connectivity index (χ0v) is 17.7. The van der Waals surface area contributed by atoms with Crippen molar-refractivity contribution in [3.63, 3.8) is 0 Å². The van der Waals surface area contributed by atoms with Gasteiger partial charge in [-0.15, -0.1) is 0 Å². The van der Waals surface area contributed by atoms with Crippen LogP contribution in [0.1, 0.15) is 48.7 Å². The first-order valence-corrected chi connectivity index (χ1v) is 10.8. The molecule has 0 radical (unpaired) electrons. The maximum absolute atomic E-state index is 11.5. The summed E-state index contributed by atoms with van der Waals surface area (Å²) >= 11 is 0. The van der Waals surface area contributed by atoms with Crippen LogP contribution in [0, 0.1) is 0 Å². The molecule has 0 aliphatic carbocycles. The molecule has 1 heterocycles. The van der Waals surface area contributed by atoms with Gasteiger partial charge in [-0.2, -0.15) is 0 Å². The fourth-order valence-corrected chi connectivity index (χ4v) is 4.28. The fourth-order valence-electron chi connectivity index (χ4n) is 4.28. The average Bonchev–Trinajstić information content (AvgIpc) is 3.15. The summed E-state index contributed by atoms with van der Waals surface area (Å²) < 4.78 is 2.19. The molecule has 2 N–H and O–H groups in total. The number of carboxylic acids is 1. The largest absolute Gasteiger partial charge is 0.481 e. The Morgan fingerprint density at radius 1 is 0.903 bits per heavy atom. The van der Waals surface area contributed by atoms with Crippen molar-refractivity contribution in [2.24, 2.45) is 0 Å². The van der Waals surface area contributed by atoms with E-state index in [2.05, 4.69) is 59.3 Å². The molecule has 0 saturated heterocycles. The third-order valence-corrected chi connectivity index (χ3v) is 5.70. The molecule has 3 aromatic carbocycles. The van der Waals surface area contributed by atoms with Crippen molar-refractivity contribution in [2.45, 2.75) is 38.4 Å². The monoisotopic (exact) mass is 412 g/mol. The van der Waals surface area contributed by atoms with Gasteiger partial charge in [0.15, 0.2) is 0 Å². The number of carbonyl (C=O) groups is 1. The van der Waals surface area contributed by atoms with E-state index in [-0.39, 0.29) is 18.6 Å². The van der Waals surface area contributed by atoms with Crippen LogP contribution in [0.15, 0.2) is 91.1 Å². The number of nitrogens with zero attached hydrogens (tertiary/aromatic N) is 1. The maximum Gasteiger partial charge on any atom is 0.307 e. The number of fused-ring (bicyclic) bond motifs is 1. The Hall–Kier alpha value is -3.37. The van der Waals surface area contributed by atoms with Crippen LogP contribution in [0.3, 0.4) is 0 Å². The Kier molecular flexibility index (Phi) is 6.48. The molecule has 2 unspecified atom stereocenters. The van der Waals surface area contributed by atoms with Crippen LogP contribution in [-0.2, 0) is 11.2 Å². The fraction of sp³-hybridized carbons (Fsp3) is 0.222. The van der Waals surface area contributed by atoms with E-state index in [1.54, 1.807) is 0 Å². The van der Waals surface area contributed by atoms with Crippen molar-refractivity contribution >= 4 is 16.9 Å². The highest BCUT2D eigenvalue weighted by Crippen LogP contribution is 2.30. The van der Waals surface area contributed by atoms with Crippen molar-refractivity contribution in [2.75, 3.05) is 0 Å². The summed E-state index contributed by atoms with van der Waals surface area (Å²) in [5, 5.41) is 14.3. The van der Waals surface area contributed by atoms with Crippen molar-refractivity contribution in [1.82, 2.24) is 9.88 Å². The zero-order chi connectivity index (χ0) is 21.6. The summed E-state index contributed by atoms with van der Waals surface area (Å²) in [6, 6.07) is 29.1. The van der Waals surface area contributed by atoms with Crippen molar-refractivity contribution < 1.29 is 9.90 Å². The summed E-state index contributed by atoms with van der Waals surface area (Å²) in [7, 11) is 0. The van der Waals surface area contributed by atoms with E-state index in [1.165, 1.54) is 5.56 Å². The molecule has 0 spiro atoms. The van der Waals surface area contributed by atoms with Gasteiger partial charge < -0.3 is 9.67 Å². The molecule has 0 saturated carbocycles. The van der Waals surface area contributed by atoms with Gasteiger partial charge >= 0.3 is 5.97 Å². The lowest BCUT2D eigenvalue weighted by molar-refractivity contribution is -0.136. The highest BCUT2D eigenvalue weighted by atomic mass is 16.4. The topological polar surface area (TPSA) is 54.3 Å². The van der Waals surface area contributed by atoms with Crippen molar-refractivity contribution in [3.05, 3.63) is 108 Å². The summed E-state index contributed by atoms with van der Waals surface area (Å²) in [6.45, 7) is 2.20. The minimum atomic E-state index is -0.819. The van der Waals surface area contributed by atoms with Gasteiger partial charge in [0, 0.05) is 23.1 Å². The van der Waals surface area contributed by atoms with E-state index in [0.29, 0.717) is 0 Å². The van der Waals surface area contributed by atoms with E-state index in [1.807, 2.05) is 48.7 Å². The smallest absolute Gasteiger partial charge is 0.307 e. The molecule has 2 atom stereocenters. The first-order valence-electron chi connectivity index (χ1n) is 10.8. The van der Waals surface area contributed by atoms with Crippen LogP contribution in [-0.4, -0.2) is 15.6 Å². The highest BCUT2D eigenvalue weighted by Gasteiger charge is 2.22. The van der Waals surface area contributed by atoms with Crippen molar-refractivity contribution in [3.8, 4) is 0 Å². The number of benzene rings is 3. The summed E-state index contributed by atoms with van der Waals surface area (Å²) in [4.78, 5) is 11.5. The number of hydrogen-bond donors (Lipinski definition) is 2. The van der Waals surface area contributed by atoms with Crippen LogP contribution in [0.2, 0.25) is 0 Å². The Balaban J connectivity index is 1.82. The SMILES string of the molecule is CCCC(NC(c1ccccc1)n1cc(CC(=O)O)c2ccccc21)c1ccccc1. The van der Waals surface area contributed by atoms with E-state index in [0.717, 1.165) is 34.9 Å². The van der Waals surface area contributed by atoms with Gasteiger partial charge in [0.2, 0.25) is 0 Å². The normalized spacial score (nSPS) is 13.2. The standard InChI is InChI=1S/C27H28N2O2/c1-2-11-24(20-12-5-3-6-13-20)28-27(21-14-7-4-8-15-21)29-19-22(18-26(30)31)23-16-9-10-17-25(23)29/h3-10,12-17,19,24,27-28H,2,11,18H2,1H3,(H,30,31). The third-order valence-electron chi connectivity index (χ3n) is 5.70. The molecular weight excluding hydrogens is 384 g/mol. The molecule has 0 bridgehead atoms. The van der Waals surface area contributed by atoms with Crippen LogP contribution in [0.25, 0.3) is 10.9 Å². The first-order chi connectivity index (χ1) is 15.2. The molecule has 4 aromatic rings. The molecule has 31 heavy (non-hydrogen) atoms. The predicted octanol–water partition coefficient (Wildman–Crippen LogP) is 5.95. The molecule has 4 nitrogen and oxygen atoms in total. The second kappa shape index (κ2) is 9.63. The van der Waals surface area contributed by atoms with Crippen LogP contribution >= 0.6 is 0 Å². The Morgan fingerprint density at radius 2 is 1.52 bits per heavy atom. The van der Waals surface area contributed by atoms with Crippen LogP contribution < -0.4 is 5.32 Å². The van der Waals surface area contributed by atoms with Gasteiger partial charge in [0.25, 0.3) is 0 Å². The van der Waals surface area contributed by atoms with E-state index >= 15 is 0 Å². The molecule has 0 fully saturated rings. The number of rotatable bonds is 9. The Bertz CT molecular complexity index is 1140. The molecule has 0 amide bonds. The minimum Gasteiger partial charge on any atom is -0.481 e. The Morgan fingerprint density at radius 3 is 2.16 bits per heavy atom. The number of para-hydroxylation sites is 1. The van der Waals surface area contributed by atoms with E-state index < -0.39 is 5.97 Å². The van der Waals surface area contributed by atoms with Gasteiger partial charge in [-0.05, 0) is 29.2 Å². The maximum atomic E-state index is 11.5. The number of aromatic nitrogens is 1. The lowest BCUT2D eigenvalue weighted by Gasteiger charge is -2.28. The van der Waals surface area contributed by atoms with Gasteiger partial charge in [-0.1, -0.05) is 92.2 Å². The van der Waals surface area contributed by atoms with Crippen LogP contribution in [0.4, 0.5) is 0 Å². The van der Waals surface area contributed by atoms with Gasteiger partial charge in [0.05, 0.1) is 6.42 Å². The highest BCUT2D eigenvalue weighted by molar-refractivity contribution is 5.87. The molecule has 1 aromatic heterocycles. The summed E-state index contributed by atoms with van der Waals surface area (Å²) in [6.07, 6.45) is 3.95. The molecule has 158 valence electrons. The van der Waals surface area contributed by atoms with Crippen LogP contribution in [0.5, 0.6) is 0 Å². The molecule has 4 heteroatoms.